The van der Waals surface area contributed by atoms with Gasteiger partial charge < -0.3 is 4.90 Å². The van der Waals surface area contributed by atoms with Crippen LogP contribution in [0.3, 0.4) is 0 Å². The molecular formula is C30H22N2. The van der Waals surface area contributed by atoms with Crippen molar-refractivity contribution in [1.29, 1.82) is 0 Å². The summed E-state index contributed by atoms with van der Waals surface area (Å²) in [6, 6.07) is 37.8. The van der Waals surface area contributed by atoms with E-state index in [1.807, 2.05) is 0 Å². The van der Waals surface area contributed by atoms with Crippen LogP contribution in [0.15, 0.2) is 103 Å². The normalized spacial score (nSPS) is 12.6. The molecule has 0 N–H and O–H groups in total. The lowest BCUT2D eigenvalue weighted by molar-refractivity contribution is 0.970. The van der Waals surface area contributed by atoms with Crippen LogP contribution in [-0.4, -0.2) is 11.1 Å². The maximum absolute atomic E-state index is 2.49. The molecule has 0 saturated carbocycles. The van der Waals surface area contributed by atoms with Crippen molar-refractivity contribution in [2.45, 2.75) is 6.92 Å². The van der Waals surface area contributed by atoms with Crippen LogP contribution in [0.5, 0.6) is 0 Å². The molecule has 1 aliphatic heterocycles. The number of aromatic nitrogens is 1. The Labute approximate surface area is 186 Å². The second kappa shape index (κ2) is 6.48. The SMILES string of the molecule is CCN1c2ccccc2-c2cc3ccccc3cc2-n2c1cc1ccc3ccccc3c12. The first-order valence-electron chi connectivity index (χ1n) is 11.3. The fraction of sp³-hybridized carbons (Fsp3) is 0.0667. The average molecular weight is 411 g/mol. The van der Waals surface area contributed by atoms with Crippen LogP contribution in [0.1, 0.15) is 6.92 Å². The molecule has 2 heteroatoms. The van der Waals surface area contributed by atoms with Gasteiger partial charge >= 0.3 is 0 Å². The Hall–Kier alpha value is -4.04. The zero-order valence-corrected chi connectivity index (χ0v) is 17.9. The molecule has 1 aromatic heterocycles. The Morgan fingerprint density at radius 3 is 2.09 bits per heavy atom. The number of hydrogen-bond donors (Lipinski definition) is 0. The first-order chi connectivity index (χ1) is 15.8. The molecule has 2 heterocycles. The van der Waals surface area contributed by atoms with E-state index in [9.17, 15) is 0 Å². The predicted octanol–water partition coefficient (Wildman–Crippen LogP) is 8.08. The lowest BCUT2D eigenvalue weighted by Crippen LogP contribution is -2.18. The predicted molar refractivity (Wildman–Crippen MR) is 136 cm³/mol. The van der Waals surface area contributed by atoms with E-state index in [0.717, 1.165) is 6.54 Å². The smallest absolute Gasteiger partial charge is 0.118 e. The Kier molecular flexibility index (Phi) is 3.57. The van der Waals surface area contributed by atoms with Crippen LogP contribution in [0.25, 0.3) is 49.3 Å². The van der Waals surface area contributed by atoms with Crippen molar-refractivity contribution in [1.82, 2.24) is 4.57 Å². The van der Waals surface area contributed by atoms with E-state index in [0.29, 0.717) is 0 Å². The van der Waals surface area contributed by atoms with Crippen LogP contribution < -0.4 is 4.90 Å². The third-order valence-electron chi connectivity index (χ3n) is 6.85. The van der Waals surface area contributed by atoms with E-state index in [-0.39, 0.29) is 0 Å². The third kappa shape index (κ3) is 2.29. The lowest BCUT2D eigenvalue weighted by atomic mass is 9.97. The number of nitrogens with zero attached hydrogens (tertiary/aromatic N) is 2. The van der Waals surface area contributed by atoms with E-state index in [4.69, 9.17) is 0 Å². The number of fused-ring (bicyclic) bond motifs is 10. The molecule has 0 fully saturated rings. The number of benzene rings is 5. The van der Waals surface area contributed by atoms with Crippen LogP contribution in [0, 0.1) is 0 Å². The van der Waals surface area contributed by atoms with Gasteiger partial charge in [0.1, 0.15) is 5.82 Å². The molecule has 152 valence electrons. The van der Waals surface area contributed by atoms with Crippen molar-refractivity contribution in [2.24, 2.45) is 0 Å². The first-order valence-corrected chi connectivity index (χ1v) is 11.3. The number of para-hydroxylation sites is 1. The van der Waals surface area contributed by atoms with Crippen molar-refractivity contribution in [3.05, 3.63) is 103 Å². The molecule has 0 spiro atoms. The Morgan fingerprint density at radius 2 is 1.25 bits per heavy atom. The van der Waals surface area contributed by atoms with Crippen LogP contribution in [0.4, 0.5) is 11.5 Å². The van der Waals surface area contributed by atoms with Crippen LogP contribution >= 0.6 is 0 Å². The highest BCUT2D eigenvalue weighted by molar-refractivity contribution is 6.10. The standard InChI is InChI=1S/C30H22N2/c1-2-31-27-14-8-7-13-25(27)26-17-21-10-3-4-11-22(21)18-28(26)32-29(31)19-23-16-15-20-9-5-6-12-24(20)30(23)32/h3-19H,2H2,1H3. The van der Waals surface area contributed by atoms with Gasteiger partial charge in [0.2, 0.25) is 0 Å². The summed E-state index contributed by atoms with van der Waals surface area (Å²) in [6.07, 6.45) is 0. The third-order valence-corrected chi connectivity index (χ3v) is 6.85. The largest absolute Gasteiger partial charge is 0.327 e. The van der Waals surface area contributed by atoms with Crippen molar-refractivity contribution in [3.63, 3.8) is 0 Å². The average Bonchev–Trinajstić information content (AvgIpc) is 3.19. The first kappa shape index (κ1) is 17.6. The van der Waals surface area contributed by atoms with Gasteiger partial charge in [-0.3, -0.25) is 4.57 Å². The maximum atomic E-state index is 2.49. The fourth-order valence-corrected chi connectivity index (χ4v) is 5.42. The van der Waals surface area contributed by atoms with Gasteiger partial charge in [0.15, 0.2) is 0 Å². The van der Waals surface area contributed by atoms with E-state index in [1.54, 1.807) is 0 Å². The summed E-state index contributed by atoms with van der Waals surface area (Å²) in [5, 5.41) is 6.37. The number of rotatable bonds is 1. The van der Waals surface area contributed by atoms with Crippen molar-refractivity contribution < 1.29 is 0 Å². The van der Waals surface area contributed by atoms with Gasteiger partial charge in [0, 0.05) is 28.4 Å². The highest BCUT2D eigenvalue weighted by atomic mass is 15.3. The van der Waals surface area contributed by atoms with Gasteiger partial charge in [0.05, 0.1) is 16.9 Å². The number of anilines is 2. The minimum Gasteiger partial charge on any atom is -0.327 e. The number of hydrogen-bond acceptors (Lipinski definition) is 1. The molecule has 0 unspecified atom stereocenters. The summed E-state index contributed by atoms with van der Waals surface area (Å²) in [6.45, 7) is 3.14. The molecule has 32 heavy (non-hydrogen) atoms. The molecule has 0 aliphatic carbocycles. The molecule has 1 aliphatic rings. The molecule has 7 rings (SSSR count). The highest BCUT2D eigenvalue weighted by Crippen LogP contribution is 2.47. The lowest BCUT2D eigenvalue weighted by Gasteiger charge is -2.24. The summed E-state index contributed by atoms with van der Waals surface area (Å²) in [4.78, 5) is 2.45. The zero-order chi connectivity index (χ0) is 21.2. The summed E-state index contributed by atoms with van der Waals surface area (Å²) in [5.74, 6) is 1.22. The summed E-state index contributed by atoms with van der Waals surface area (Å²) < 4.78 is 2.49. The van der Waals surface area contributed by atoms with E-state index in [1.165, 1.54) is 60.8 Å². The second-order valence-corrected chi connectivity index (χ2v) is 8.54. The Bertz CT molecular complexity index is 1670. The van der Waals surface area contributed by atoms with Crippen LogP contribution in [-0.2, 0) is 0 Å². The Balaban J connectivity index is 1.74. The molecule has 2 nitrogen and oxygen atoms in total. The van der Waals surface area contributed by atoms with Gasteiger partial charge in [-0.2, -0.15) is 0 Å². The fourth-order valence-electron chi connectivity index (χ4n) is 5.42. The highest BCUT2D eigenvalue weighted by Gasteiger charge is 2.26. The quantitative estimate of drug-likeness (QED) is 0.266. The molecule has 6 aromatic rings. The molecule has 0 saturated heterocycles. The van der Waals surface area contributed by atoms with Gasteiger partial charge in [-0.15, -0.1) is 0 Å². The van der Waals surface area contributed by atoms with Gasteiger partial charge in [-0.05, 0) is 47.3 Å². The van der Waals surface area contributed by atoms with Gasteiger partial charge in [0.25, 0.3) is 0 Å². The molecular weight excluding hydrogens is 388 g/mol. The molecule has 0 amide bonds. The molecule has 5 aromatic carbocycles. The van der Waals surface area contributed by atoms with Crippen molar-refractivity contribution >= 4 is 44.0 Å². The van der Waals surface area contributed by atoms with E-state index >= 15 is 0 Å². The van der Waals surface area contributed by atoms with Crippen molar-refractivity contribution in [3.8, 4) is 16.8 Å². The molecule has 0 atom stereocenters. The van der Waals surface area contributed by atoms with Gasteiger partial charge in [-0.1, -0.05) is 78.9 Å². The summed E-state index contributed by atoms with van der Waals surface area (Å²) >= 11 is 0. The topological polar surface area (TPSA) is 8.17 Å². The van der Waals surface area contributed by atoms with E-state index < -0.39 is 0 Å². The molecule has 0 radical (unpaired) electrons. The van der Waals surface area contributed by atoms with E-state index in [2.05, 4.69) is 120 Å². The maximum Gasteiger partial charge on any atom is 0.118 e. The summed E-state index contributed by atoms with van der Waals surface area (Å²) in [7, 11) is 0. The molecule has 0 bridgehead atoms. The monoisotopic (exact) mass is 410 g/mol. The second-order valence-electron chi connectivity index (χ2n) is 8.54. The summed E-state index contributed by atoms with van der Waals surface area (Å²) in [5.41, 5.74) is 6.35. The van der Waals surface area contributed by atoms with Gasteiger partial charge in [-0.25, -0.2) is 0 Å². The zero-order valence-electron chi connectivity index (χ0n) is 17.9. The minimum absolute atomic E-state index is 0.902. The van der Waals surface area contributed by atoms with Crippen LogP contribution in [0.2, 0.25) is 0 Å². The Morgan fingerprint density at radius 1 is 0.562 bits per heavy atom. The minimum atomic E-state index is 0.902. The van der Waals surface area contributed by atoms with Crippen molar-refractivity contribution in [2.75, 3.05) is 11.4 Å².